The van der Waals surface area contributed by atoms with E-state index in [0.717, 1.165) is 5.69 Å². The summed E-state index contributed by atoms with van der Waals surface area (Å²) in [6.45, 7) is 7.37. The van der Waals surface area contributed by atoms with Gasteiger partial charge in [0.25, 0.3) is 0 Å². The van der Waals surface area contributed by atoms with Crippen molar-refractivity contribution >= 4 is 11.4 Å². The summed E-state index contributed by atoms with van der Waals surface area (Å²) < 4.78 is 5.16. The molecule has 0 aliphatic carbocycles. The number of para-hydroxylation sites is 1. The van der Waals surface area contributed by atoms with Gasteiger partial charge in [-0.15, -0.1) is 0 Å². The van der Waals surface area contributed by atoms with Gasteiger partial charge in [-0.1, -0.05) is 6.07 Å². The molecule has 0 unspecified atom stereocenters. The summed E-state index contributed by atoms with van der Waals surface area (Å²) >= 11 is 0. The fourth-order valence-corrected chi connectivity index (χ4v) is 1.32. The molecule has 0 heterocycles. The summed E-state index contributed by atoms with van der Waals surface area (Å²) in [6, 6.07) is 5.53. The van der Waals surface area contributed by atoms with Crippen molar-refractivity contribution in [2.75, 3.05) is 18.2 Å². The summed E-state index contributed by atoms with van der Waals surface area (Å²) in [6.07, 6.45) is 0. The zero-order chi connectivity index (χ0) is 13.3. The summed E-state index contributed by atoms with van der Waals surface area (Å²) in [4.78, 5) is 0. The predicted octanol–water partition coefficient (Wildman–Crippen LogP) is 2.24. The number of methoxy groups -OCH3 is 1. The van der Waals surface area contributed by atoms with Gasteiger partial charge in [-0.25, -0.2) is 0 Å². The van der Waals surface area contributed by atoms with Crippen LogP contribution in [0.2, 0.25) is 0 Å². The second kappa shape index (κ2) is 4.45. The van der Waals surface area contributed by atoms with Gasteiger partial charge in [-0.05, 0) is 39.8 Å². The van der Waals surface area contributed by atoms with Gasteiger partial charge in [0.2, 0.25) is 0 Å². The number of benzene rings is 1. The lowest BCUT2D eigenvalue weighted by Gasteiger charge is -2.39. The first-order chi connectivity index (χ1) is 7.69. The average Bonchev–Trinajstić information content (AvgIpc) is 2.19. The van der Waals surface area contributed by atoms with Crippen LogP contribution in [0.5, 0.6) is 5.75 Å². The summed E-state index contributed by atoms with van der Waals surface area (Å²) in [5, 5.41) is 13.3. The summed E-state index contributed by atoms with van der Waals surface area (Å²) in [5.74, 6) is 0.626. The van der Waals surface area contributed by atoms with Gasteiger partial charge in [-0.2, -0.15) is 0 Å². The van der Waals surface area contributed by atoms with Crippen LogP contribution in [0.4, 0.5) is 11.4 Å². The third kappa shape index (κ3) is 2.82. The average molecular weight is 238 g/mol. The van der Waals surface area contributed by atoms with E-state index in [1.165, 1.54) is 0 Å². The highest BCUT2D eigenvalue weighted by Crippen LogP contribution is 2.33. The number of hydrogen-bond donors (Lipinski definition) is 3. The number of hydrogen-bond acceptors (Lipinski definition) is 4. The van der Waals surface area contributed by atoms with E-state index in [0.29, 0.717) is 11.4 Å². The maximum atomic E-state index is 10.1. The molecular weight excluding hydrogens is 216 g/mol. The Bertz CT molecular complexity index is 395. The van der Waals surface area contributed by atoms with Gasteiger partial charge >= 0.3 is 0 Å². The molecular formula is C13H22N2O2. The molecule has 0 aromatic heterocycles. The van der Waals surface area contributed by atoms with Crippen molar-refractivity contribution in [2.45, 2.75) is 38.8 Å². The van der Waals surface area contributed by atoms with Crippen LogP contribution in [-0.4, -0.2) is 23.4 Å². The van der Waals surface area contributed by atoms with Gasteiger partial charge in [0.05, 0.1) is 29.6 Å². The minimum Gasteiger partial charge on any atom is -0.495 e. The standard InChI is InChI=1S/C13H22N2O2/c1-12(2,13(3,4)16)15-9-7-6-8-10(17-5)11(9)14/h6-8,15-16H,14H2,1-5H3. The molecule has 0 fully saturated rings. The summed E-state index contributed by atoms with van der Waals surface area (Å²) in [7, 11) is 1.58. The monoisotopic (exact) mass is 238 g/mol. The molecule has 0 bridgehead atoms. The van der Waals surface area contributed by atoms with Crippen molar-refractivity contribution in [1.82, 2.24) is 0 Å². The first kappa shape index (κ1) is 13.6. The van der Waals surface area contributed by atoms with Crippen molar-refractivity contribution < 1.29 is 9.84 Å². The molecule has 4 nitrogen and oxygen atoms in total. The van der Waals surface area contributed by atoms with E-state index in [2.05, 4.69) is 5.32 Å². The number of anilines is 2. The third-order valence-electron chi connectivity index (χ3n) is 3.26. The highest BCUT2D eigenvalue weighted by molar-refractivity contribution is 5.73. The van der Waals surface area contributed by atoms with Gasteiger partial charge in [-0.3, -0.25) is 0 Å². The lowest BCUT2D eigenvalue weighted by molar-refractivity contribution is 0.0241. The quantitative estimate of drug-likeness (QED) is 0.704. The molecule has 0 atom stereocenters. The van der Waals surface area contributed by atoms with E-state index >= 15 is 0 Å². The van der Waals surface area contributed by atoms with Crippen LogP contribution >= 0.6 is 0 Å². The number of aliphatic hydroxyl groups is 1. The van der Waals surface area contributed by atoms with Crippen LogP contribution in [0.15, 0.2) is 18.2 Å². The molecule has 4 N–H and O–H groups in total. The van der Waals surface area contributed by atoms with Crippen molar-refractivity contribution in [3.63, 3.8) is 0 Å². The molecule has 0 radical (unpaired) electrons. The molecule has 0 aliphatic rings. The number of nitrogens with two attached hydrogens (primary N) is 1. The van der Waals surface area contributed by atoms with E-state index < -0.39 is 11.1 Å². The Morgan fingerprint density at radius 1 is 1.24 bits per heavy atom. The number of nitrogen functional groups attached to an aromatic ring is 1. The largest absolute Gasteiger partial charge is 0.495 e. The zero-order valence-electron chi connectivity index (χ0n) is 11.2. The Hall–Kier alpha value is -1.42. The molecule has 0 saturated heterocycles. The minimum atomic E-state index is -0.873. The lowest BCUT2D eigenvalue weighted by Crippen LogP contribution is -2.51. The fraction of sp³-hybridized carbons (Fsp3) is 0.538. The van der Waals surface area contributed by atoms with Crippen LogP contribution in [0.25, 0.3) is 0 Å². The molecule has 1 rings (SSSR count). The van der Waals surface area contributed by atoms with Gasteiger partial charge in [0.1, 0.15) is 5.75 Å². The van der Waals surface area contributed by atoms with E-state index in [9.17, 15) is 5.11 Å². The van der Waals surface area contributed by atoms with Crippen molar-refractivity contribution in [3.8, 4) is 5.75 Å². The van der Waals surface area contributed by atoms with E-state index in [1.54, 1.807) is 27.0 Å². The molecule has 96 valence electrons. The van der Waals surface area contributed by atoms with E-state index in [-0.39, 0.29) is 0 Å². The Labute approximate surface area is 103 Å². The molecule has 0 amide bonds. The molecule has 1 aromatic rings. The highest BCUT2D eigenvalue weighted by atomic mass is 16.5. The molecule has 4 heteroatoms. The first-order valence-corrected chi connectivity index (χ1v) is 5.62. The number of rotatable bonds is 4. The normalized spacial score (nSPS) is 12.4. The maximum Gasteiger partial charge on any atom is 0.143 e. The predicted molar refractivity (Wildman–Crippen MR) is 71.4 cm³/mol. The maximum absolute atomic E-state index is 10.1. The number of ether oxygens (including phenoxy) is 1. The number of nitrogens with one attached hydrogen (secondary N) is 1. The summed E-state index contributed by atoms with van der Waals surface area (Å²) in [5.41, 5.74) is 5.91. The van der Waals surface area contributed by atoms with Crippen LogP contribution in [0.1, 0.15) is 27.7 Å². The van der Waals surface area contributed by atoms with Crippen LogP contribution in [-0.2, 0) is 0 Å². The zero-order valence-corrected chi connectivity index (χ0v) is 11.2. The van der Waals surface area contributed by atoms with Crippen molar-refractivity contribution in [2.24, 2.45) is 0 Å². The Morgan fingerprint density at radius 3 is 2.29 bits per heavy atom. The molecule has 17 heavy (non-hydrogen) atoms. The fourth-order valence-electron chi connectivity index (χ4n) is 1.32. The van der Waals surface area contributed by atoms with E-state index in [1.807, 2.05) is 26.0 Å². The smallest absolute Gasteiger partial charge is 0.143 e. The van der Waals surface area contributed by atoms with Crippen LogP contribution in [0, 0.1) is 0 Å². The Balaban J connectivity index is 3.04. The van der Waals surface area contributed by atoms with Crippen molar-refractivity contribution in [3.05, 3.63) is 18.2 Å². The highest BCUT2D eigenvalue weighted by Gasteiger charge is 2.35. The molecule has 0 aliphatic heterocycles. The van der Waals surface area contributed by atoms with E-state index in [4.69, 9.17) is 10.5 Å². The van der Waals surface area contributed by atoms with Crippen LogP contribution in [0.3, 0.4) is 0 Å². The first-order valence-electron chi connectivity index (χ1n) is 5.62. The molecule has 0 spiro atoms. The van der Waals surface area contributed by atoms with Crippen LogP contribution < -0.4 is 15.8 Å². The second-order valence-electron chi connectivity index (χ2n) is 5.23. The Morgan fingerprint density at radius 2 is 1.82 bits per heavy atom. The van der Waals surface area contributed by atoms with Crippen molar-refractivity contribution in [1.29, 1.82) is 0 Å². The lowest BCUT2D eigenvalue weighted by atomic mass is 9.85. The second-order valence-corrected chi connectivity index (χ2v) is 5.23. The van der Waals surface area contributed by atoms with Gasteiger partial charge in [0, 0.05) is 0 Å². The molecule has 0 saturated carbocycles. The minimum absolute atomic E-state index is 0.506. The SMILES string of the molecule is COc1cccc(NC(C)(C)C(C)(C)O)c1N. The Kier molecular flexibility index (Phi) is 3.57. The topological polar surface area (TPSA) is 67.5 Å². The molecule has 1 aromatic carbocycles. The van der Waals surface area contributed by atoms with Gasteiger partial charge in [0.15, 0.2) is 0 Å². The van der Waals surface area contributed by atoms with Gasteiger partial charge < -0.3 is 20.9 Å². The third-order valence-corrected chi connectivity index (χ3v) is 3.26.